The van der Waals surface area contributed by atoms with Gasteiger partial charge in [-0.3, -0.25) is 4.79 Å². The van der Waals surface area contributed by atoms with E-state index < -0.39 is 0 Å². The van der Waals surface area contributed by atoms with Crippen molar-refractivity contribution in [1.82, 2.24) is 9.88 Å². The number of benzene rings is 2. The van der Waals surface area contributed by atoms with Crippen LogP contribution in [0, 0.1) is 5.82 Å². The van der Waals surface area contributed by atoms with Gasteiger partial charge in [-0.1, -0.05) is 47.7 Å². The smallest absolute Gasteiger partial charge is 0.274 e. The lowest BCUT2D eigenvalue weighted by molar-refractivity contribution is -0.134. The standard InChI is InChI=1S/C19H15FN2O2S/c20-15-7-4-8-16-18(15)21-19(25-16)24-14-11-22(12-14)17(23)10-9-13-5-2-1-3-6-13/h1-10,14H,11-12H2/b10-9+. The Morgan fingerprint density at radius 2 is 2.00 bits per heavy atom. The lowest BCUT2D eigenvalue weighted by Crippen LogP contribution is -2.55. The summed E-state index contributed by atoms with van der Waals surface area (Å²) in [5.74, 6) is -0.390. The van der Waals surface area contributed by atoms with Crippen LogP contribution in [0.3, 0.4) is 0 Å². The molecular formula is C19H15FN2O2S. The Bertz CT molecular complexity index is 933. The van der Waals surface area contributed by atoms with Crippen molar-refractivity contribution in [3.8, 4) is 5.19 Å². The molecule has 1 amide bonds. The molecule has 1 aliphatic rings. The molecule has 4 nitrogen and oxygen atoms in total. The van der Waals surface area contributed by atoms with Crippen LogP contribution in [0.15, 0.2) is 54.6 Å². The summed E-state index contributed by atoms with van der Waals surface area (Å²) in [7, 11) is 0. The van der Waals surface area contributed by atoms with Crippen molar-refractivity contribution in [2.24, 2.45) is 0 Å². The number of rotatable bonds is 4. The molecule has 0 unspecified atom stereocenters. The minimum atomic E-state index is -0.347. The maximum atomic E-state index is 13.7. The third-order valence-corrected chi connectivity index (χ3v) is 4.91. The molecule has 3 aromatic rings. The van der Waals surface area contributed by atoms with Crippen LogP contribution in [0.1, 0.15) is 5.56 Å². The van der Waals surface area contributed by atoms with E-state index >= 15 is 0 Å². The summed E-state index contributed by atoms with van der Waals surface area (Å²) in [6.07, 6.45) is 3.27. The van der Waals surface area contributed by atoms with Gasteiger partial charge < -0.3 is 9.64 Å². The molecule has 1 fully saturated rings. The Balaban J connectivity index is 1.33. The number of hydrogen-bond donors (Lipinski definition) is 0. The molecule has 0 saturated carbocycles. The first kappa shape index (κ1) is 15.8. The second-order valence-corrected chi connectivity index (χ2v) is 6.79. The first-order valence-electron chi connectivity index (χ1n) is 7.93. The molecule has 2 heterocycles. The van der Waals surface area contributed by atoms with Crippen molar-refractivity contribution in [2.75, 3.05) is 13.1 Å². The average Bonchev–Trinajstić information content (AvgIpc) is 3.01. The van der Waals surface area contributed by atoms with Crippen LogP contribution in [0.25, 0.3) is 16.3 Å². The van der Waals surface area contributed by atoms with E-state index in [0.717, 1.165) is 10.3 Å². The lowest BCUT2D eigenvalue weighted by Gasteiger charge is -2.37. The molecule has 2 aromatic carbocycles. The van der Waals surface area contributed by atoms with E-state index in [1.54, 1.807) is 23.1 Å². The zero-order valence-electron chi connectivity index (χ0n) is 13.3. The second-order valence-electron chi connectivity index (χ2n) is 5.79. The second kappa shape index (κ2) is 6.64. The monoisotopic (exact) mass is 354 g/mol. The predicted octanol–water partition coefficient (Wildman–Crippen LogP) is 3.74. The first-order valence-corrected chi connectivity index (χ1v) is 8.74. The van der Waals surface area contributed by atoms with Crippen LogP contribution in [0.5, 0.6) is 5.19 Å². The largest absolute Gasteiger partial charge is 0.463 e. The Labute approximate surface area is 148 Å². The topological polar surface area (TPSA) is 42.4 Å². The van der Waals surface area contributed by atoms with Crippen molar-refractivity contribution in [3.63, 3.8) is 0 Å². The van der Waals surface area contributed by atoms with Crippen LogP contribution in [0.2, 0.25) is 0 Å². The van der Waals surface area contributed by atoms with Gasteiger partial charge in [0.2, 0.25) is 5.91 Å². The van der Waals surface area contributed by atoms with Gasteiger partial charge in [0, 0.05) is 6.08 Å². The highest BCUT2D eigenvalue weighted by atomic mass is 32.1. The van der Waals surface area contributed by atoms with Gasteiger partial charge >= 0.3 is 0 Å². The molecule has 1 aliphatic heterocycles. The lowest BCUT2D eigenvalue weighted by atomic mass is 10.1. The van der Waals surface area contributed by atoms with Crippen molar-refractivity contribution < 1.29 is 13.9 Å². The fourth-order valence-corrected chi connectivity index (χ4v) is 3.51. The molecule has 0 N–H and O–H groups in total. The van der Waals surface area contributed by atoms with E-state index in [1.807, 2.05) is 36.4 Å². The number of carbonyl (C=O) groups excluding carboxylic acids is 1. The van der Waals surface area contributed by atoms with E-state index in [4.69, 9.17) is 4.74 Å². The SMILES string of the molecule is O=C(/C=C/c1ccccc1)N1CC(Oc2nc3c(F)cccc3s2)C1. The number of likely N-dealkylation sites (tertiary alicyclic amines) is 1. The van der Waals surface area contributed by atoms with Crippen LogP contribution in [-0.4, -0.2) is 35.0 Å². The summed E-state index contributed by atoms with van der Waals surface area (Å²) in [6.45, 7) is 1.02. The van der Waals surface area contributed by atoms with Crippen molar-refractivity contribution >= 4 is 33.5 Å². The quantitative estimate of drug-likeness (QED) is 0.671. The molecule has 0 bridgehead atoms. The molecule has 0 aliphatic carbocycles. The van der Waals surface area contributed by atoms with Crippen molar-refractivity contribution in [2.45, 2.75) is 6.10 Å². The number of hydrogen-bond acceptors (Lipinski definition) is 4. The summed E-state index contributed by atoms with van der Waals surface area (Å²) >= 11 is 1.32. The number of carbonyl (C=O) groups is 1. The van der Waals surface area contributed by atoms with Crippen LogP contribution in [-0.2, 0) is 4.79 Å². The van der Waals surface area contributed by atoms with Gasteiger partial charge in [-0.25, -0.2) is 4.39 Å². The molecule has 0 radical (unpaired) electrons. The number of fused-ring (bicyclic) bond motifs is 1. The van der Waals surface area contributed by atoms with E-state index in [-0.39, 0.29) is 17.8 Å². The number of para-hydroxylation sites is 1. The van der Waals surface area contributed by atoms with Crippen molar-refractivity contribution in [1.29, 1.82) is 0 Å². The highest BCUT2D eigenvalue weighted by molar-refractivity contribution is 7.20. The minimum absolute atomic E-state index is 0.0425. The molecule has 1 saturated heterocycles. The number of halogens is 1. The molecule has 0 atom stereocenters. The average molecular weight is 354 g/mol. The number of thiazole rings is 1. The summed E-state index contributed by atoms with van der Waals surface area (Å²) in [5, 5.41) is 0.442. The van der Waals surface area contributed by atoms with Gasteiger partial charge in [-0.2, -0.15) is 4.98 Å². The Kier molecular flexibility index (Phi) is 4.19. The normalized spacial score (nSPS) is 14.8. The molecular weight excluding hydrogens is 339 g/mol. The number of nitrogens with zero attached hydrogens (tertiary/aromatic N) is 2. The van der Waals surface area contributed by atoms with Crippen LogP contribution < -0.4 is 4.74 Å². The molecule has 25 heavy (non-hydrogen) atoms. The fourth-order valence-electron chi connectivity index (χ4n) is 2.62. The highest BCUT2D eigenvalue weighted by Gasteiger charge is 2.32. The van der Waals surface area contributed by atoms with Crippen LogP contribution >= 0.6 is 11.3 Å². The Morgan fingerprint density at radius 3 is 2.76 bits per heavy atom. The van der Waals surface area contributed by atoms with Gasteiger partial charge in [-0.15, -0.1) is 0 Å². The summed E-state index contributed by atoms with van der Waals surface area (Å²) < 4.78 is 20.2. The zero-order valence-corrected chi connectivity index (χ0v) is 14.1. The third kappa shape index (κ3) is 3.39. The van der Waals surface area contributed by atoms with Crippen molar-refractivity contribution in [3.05, 3.63) is 66.0 Å². The van der Waals surface area contributed by atoms with Gasteiger partial charge in [0.25, 0.3) is 5.19 Å². The fraction of sp³-hybridized carbons (Fsp3) is 0.158. The first-order chi connectivity index (χ1) is 12.2. The highest BCUT2D eigenvalue weighted by Crippen LogP contribution is 2.30. The molecule has 126 valence electrons. The Hall–Kier alpha value is -2.73. The molecule has 4 rings (SSSR count). The molecule has 6 heteroatoms. The predicted molar refractivity (Wildman–Crippen MR) is 96.1 cm³/mol. The van der Waals surface area contributed by atoms with Crippen LogP contribution in [0.4, 0.5) is 4.39 Å². The molecule has 1 aromatic heterocycles. The maximum Gasteiger partial charge on any atom is 0.274 e. The zero-order chi connectivity index (χ0) is 17.2. The van der Waals surface area contributed by atoms with E-state index in [2.05, 4.69) is 4.98 Å². The van der Waals surface area contributed by atoms with E-state index in [0.29, 0.717) is 23.8 Å². The summed E-state index contributed by atoms with van der Waals surface area (Å²) in [4.78, 5) is 18.0. The summed E-state index contributed by atoms with van der Waals surface area (Å²) in [6, 6.07) is 14.5. The van der Waals surface area contributed by atoms with E-state index in [9.17, 15) is 9.18 Å². The number of ether oxygens (including phenoxy) is 1. The Morgan fingerprint density at radius 1 is 1.20 bits per heavy atom. The maximum absolute atomic E-state index is 13.7. The van der Waals surface area contributed by atoms with E-state index in [1.165, 1.54) is 17.4 Å². The van der Waals surface area contributed by atoms with Gasteiger partial charge in [-0.05, 0) is 23.8 Å². The molecule has 0 spiro atoms. The number of aromatic nitrogens is 1. The van der Waals surface area contributed by atoms with Gasteiger partial charge in [0.1, 0.15) is 17.4 Å². The third-order valence-electron chi connectivity index (χ3n) is 4.00. The van der Waals surface area contributed by atoms with Gasteiger partial charge in [0.15, 0.2) is 0 Å². The number of amides is 1. The minimum Gasteiger partial charge on any atom is -0.463 e. The summed E-state index contributed by atoms with van der Waals surface area (Å²) in [5.41, 5.74) is 1.32. The van der Waals surface area contributed by atoms with Gasteiger partial charge in [0.05, 0.1) is 17.8 Å².